The van der Waals surface area contributed by atoms with Crippen LogP contribution < -0.4 is 15.5 Å². The third kappa shape index (κ3) is 3.54. The van der Waals surface area contributed by atoms with E-state index in [1.165, 1.54) is 23.1 Å². The van der Waals surface area contributed by atoms with E-state index >= 15 is 0 Å². The normalized spacial score (nSPS) is 31.1. The van der Waals surface area contributed by atoms with Crippen molar-refractivity contribution in [1.82, 2.24) is 10.5 Å². The first kappa shape index (κ1) is 23.2. The largest absolute Gasteiger partial charge is 0.360 e. The second-order valence-electron chi connectivity index (χ2n) is 10.6. The molecule has 0 unspecified atom stereocenters. The highest BCUT2D eigenvalue weighted by atomic mass is 19.1. The maximum atomic E-state index is 14.2. The third-order valence-electron chi connectivity index (χ3n) is 6.69. The van der Waals surface area contributed by atoms with E-state index < -0.39 is 58.2 Å². The molecule has 9 nitrogen and oxygen atoms in total. The van der Waals surface area contributed by atoms with Crippen LogP contribution in [0.15, 0.2) is 47.0 Å². The minimum atomic E-state index is -1.41. The topological polar surface area (TPSA) is 114 Å². The lowest BCUT2D eigenvalue weighted by Gasteiger charge is -2.35. The zero-order valence-electron chi connectivity index (χ0n) is 20.1. The van der Waals surface area contributed by atoms with E-state index in [9.17, 15) is 18.8 Å². The molecule has 10 heteroatoms. The van der Waals surface area contributed by atoms with Crippen molar-refractivity contribution in [1.29, 1.82) is 0 Å². The van der Waals surface area contributed by atoms with E-state index in [0.29, 0.717) is 5.76 Å². The lowest BCUT2D eigenvalue weighted by molar-refractivity contribution is -0.131. The monoisotopic (exact) mass is 482 g/mol. The van der Waals surface area contributed by atoms with Gasteiger partial charge in [-0.2, -0.15) is 0 Å². The molecule has 3 amide bonds. The summed E-state index contributed by atoms with van der Waals surface area (Å²) in [7, 11) is 0. The van der Waals surface area contributed by atoms with E-state index in [1.54, 1.807) is 38.1 Å². The molecule has 1 aromatic carbocycles. The minimum Gasteiger partial charge on any atom is -0.360 e. The number of anilines is 2. The number of aromatic nitrogens is 1. The lowest BCUT2D eigenvalue weighted by atomic mass is 9.70. The van der Waals surface area contributed by atoms with Gasteiger partial charge in [0.1, 0.15) is 23.2 Å². The fraction of sp³-hybridized carbons (Fsp3) is 0.440. The Morgan fingerprint density at radius 3 is 2.54 bits per heavy atom. The number of nitrogens with zero attached hydrogens (tertiary/aromatic N) is 2. The zero-order chi connectivity index (χ0) is 25.3. The molecule has 3 aliphatic heterocycles. The van der Waals surface area contributed by atoms with Gasteiger partial charge in [0.05, 0.1) is 17.4 Å². The van der Waals surface area contributed by atoms with Crippen LogP contribution in [-0.2, 0) is 19.1 Å². The van der Waals surface area contributed by atoms with Gasteiger partial charge in [0.2, 0.25) is 17.7 Å². The Bertz CT molecular complexity index is 1270. The molecular formula is C25H27FN4O5. The summed E-state index contributed by atoms with van der Waals surface area (Å²) in [5.74, 6) is -3.23. The second-order valence-corrected chi connectivity index (χ2v) is 10.6. The summed E-state index contributed by atoms with van der Waals surface area (Å²) in [5.41, 5.74) is -2.93. The minimum absolute atomic E-state index is 0.213. The number of aryl methyl sites for hydroxylation is 1. The highest BCUT2D eigenvalue weighted by Crippen LogP contribution is 2.60. The molecule has 35 heavy (non-hydrogen) atoms. The van der Waals surface area contributed by atoms with E-state index in [1.807, 2.05) is 20.8 Å². The molecule has 1 aromatic heterocycles. The van der Waals surface area contributed by atoms with Crippen LogP contribution in [0.25, 0.3) is 0 Å². The molecular weight excluding hydrogens is 455 g/mol. The Hall–Kier alpha value is -3.53. The summed E-state index contributed by atoms with van der Waals surface area (Å²) in [4.78, 5) is 42.3. The van der Waals surface area contributed by atoms with Crippen LogP contribution in [0.2, 0.25) is 0 Å². The average Bonchev–Trinajstić information content (AvgIpc) is 3.44. The van der Waals surface area contributed by atoms with Crippen molar-refractivity contribution in [2.45, 2.75) is 57.4 Å². The van der Waals surface area contributed by atoms with Gasteiger partial charge >= 0.3 is 0 Å². The molecule has 2 bridgehead atoms. The summed E-state index contributed by atoms with van der Waals surface area (Å²) in [6.07, 6.45) is 3.42. The van der Waals surface area contributed by atoms with Crippen LogP contribution in [-0.4, -0.2) is 45.7 Å². The van der Waals surface area contributed by atoms with Crippen LogP contribution in [0.1, 0.15) is 33.5 Å². The van der Waals surface area contributed by atoms with Crippen molar-refractivity contribution < 1.29 is 28.0 Å². The van der Waals surface area contributed by atoms with Gasteiger partial charge in [-0.1, -0.05) is 23.4 Å². The summed E-state index contributed by atoms with van der Waals surface area (Å²) in [6, 6.07) is 5.89. The van der Waals surface area contributed by atoms with Gasteiger partial charge in [0, 0.05) is 17.3 Å². The van der Waals surface area contributed by atoms with Gasteiger partial charge in [-0.05, 0) is 52.8 Å². The maximum Gasteiger partial charge on any atom is 0.246 e. The Morgan fingerprint density at radius 2 is 1.91 bits per heavy atom. The second kappa shape index (κ2) is 7.48. The number of hydrogen-bond donors (Lipinski definition) is 2. The van der Waals surface area contributed by atoms with Gasteiger partial charge < -0.3 is 19.9 Å². The summed E-state index contributed by atoms with van der Waals surface area (Å²) in [5, 5.41) is 9.43. The summed E-state index contributed by atoms with van der Waals surface area (Å²) >= 11 is 0. The first-order valence-corrected chi connectivity index (χ1v) is 11.4. The number of carbonyl (C=O) groups excluding carboxylic acids is 3. The van der Waals surface area contributed by atoms with Crippen molar-refractivity contribution in [2.75, 3.05) is 10.2 Å². The van der Waals surface area contributed by atoms with Gasteiger partial charge in [0.15, 0.2) is 5.82 Å². The predicted molar refractivity (Wildman–Crippen MR) is 124 cm³/mol. The van der Waals surface area contributed by atoms with Crippen LogP contribution in [0.3, 0.4) is 0 Å². The highest BCUT2D eigenvalue weighted by molar-refractivity contribution is 6.11. The number of benzene rings is 1. The van der Waals surface area contributed by atoms with E-state index in [0.717, 1.165) is 0 Å². The molecule has 4 heterocycles. The smallest absolute Gasteiger partial charge is 0.246 e. The maximum absolute atomic E-state index is 14.2. The number of ether oxygens (including phenoxy) is 1. The first-order chi connectivity index (χ1) is 16.3. The van der Waals surface area contributed by atoms with Gasteiger partial charge in [-0.3, -0.25) is 19.3 Å². The third-order valence-corrected chi connectivity index (χ3v) is 6.69. The Morgan fingerprint density at radius 1 is 1.17 bits per heavy atom. The number of amides is 3. The molecule has 184 valence electrons. The van der Waals surface area contributed by atoms with Gasteiger partial charge in [-0.15, -0.1) is 0 Å². The lowest BCUT2D eigenvalue weighted by Crippen LogP contribution is -2.58. The van der Waals surface area contributed by atoms with Gasteiger partial charge in [0.25, 0.3) is 0 Å². The number of fused-ring (bicyclic) bond motifs is 1. The van der Waals surface area contributed by atoms with E-state index in [2.05, 4.69) is 15.8 Å². The van der Waals surface area contributed by atoms with Crippen LogP contribution in [0, 0.1) is 24.6 Å². The molecule has 2 aromatic rings. The molecule has 5 rings (SSSR count). The zero-order valence-corrected chi connectivity index (χ0v) is 20.1. The molecule has 3 aliphatic rings. The van der Waals surface area contributed by atoms with Crippen molar-refractivity contribution >= 4 is 29.2 Å². The molecule has 0 aliphatic carbocycles. The van der Waals surface area contributed by atoms with E-state index in [-0.39, 0.29) is 11.5 Å². The van der Waals surface area contributed by atoms with Crippen molar-refractivity contribution in [2.24, 2.45) is 11.8 Å². The van der Waals surface area contributed by atoms with Crippen molar-refractivity contribution in [3.05, 3.63) is 54.1 Å². The Kier molecular flexibility index (Phi) is 4.96. The Labute approximate surface area is 201 Å². The highest BCUT2D eigenvalue weighted by Gasteiger charge is 2.76. The molecule has 2 N–H and O–H groups in total. The number of nitrogens with one attached hydrogen (secondary N) is 2. The first-order valence-electron chi connectivity index (χ1n) is 11.4. The summed E-state index contributed by atoms with van der Waals surface area (Å²) < 4.78 is 25.6. The molecule has 1 spiro atoms. The Balaban J connectivity index is 1.60. The van der Waals surface area contributed by atoms with Crippen LogP contribution >= 0.6 is 0 Å². The quantitative estimate of drug-likeness (QED) is 0.648. The van der Waals surface area contributed by atoms with Crippen LogP contribution in [0.4, 0.5) is 15.9 Å². The number of rotatable bonds is 4. The number of carbonyl (C=O) groups is 3. The fourth-order valence-corrected chi connectivity index (χ4v) is 5.51. The fourth-order valence-electron chi connectivity index (χ4n) is 5.51. The number of hydrogen-bond acceptors (Lipinski definition) is 6. The molecule has 5 atom stereocenters. The van der Waals surface area contributed by atoms with Gasteiger partial charge in [-0.25, -0.2) is 4.39 Å². The molecule has 2 fully saturated rings. The average molecular weight is 483 g/mol. The molecule has 0 saturated carbocycles. The molecule has 2 saturated heterocycles. The van der Waals surface area contributed by atoms with E-state index in [4.69, 9.17) is 9.26 Å². The molecule has 0 radical (unpaired) electrons. The predicted octanol–water partition coefficient (Wildman–Crippen LogP) is 2.72. The van der Waals surface area contributed by atoms with Crippen molar-refractivity contribution in [3.8, 4) is 0 Å². The van der Waals surface area contributed by atoms with Crippen LogP contribution in [0.5, 0.6) is 0 Å². The number of halogens is 1. The summed E-state index contributed by atoms with van der Waals surface area (Å²) in [6.45, 7) is 8.88. The van der Waals surface area contributed by atoms with Crippen molar-refractivity contribution in [3.63, 3.8) is 0 Å². The SMILES string of the molecule is Cc1cc(NC(=O)[C@@H]2[C@@H]3C(=O)N(c4cccc(F)c4)[C@@H](C(=O)NC(C)(C)C)[C@@]34C=C[C@@]2(C)O4)no1. The standard InChI is InChI=1S/C25H27FN4O5/c1-13-11-16(29-34-13)27-20(31)17-18-22(33)30(15-8-6-7-14(26)12-15)19(21(32)28-23(2,3)4)25(18)10-9-24(17,5)35-25/h6-12,17-19H,1-5H3,(H,28,32)(H,27,29,31)/t17-,18+,19-,24+,25+/m0/s1.